The Morgan fingerprint density at radius 2 is 1.86 bits per heavy atom. The maximum atomic E-state index is 4.45. The SMILES string of the molecule is CN=C(NCCCCN(C)C(C)C)N1CC(C)(C)C1(C)C. The van der Waals surface area contributed by atoms with E-state index in [9.17, 15) is 0 Å². The molecule has 1 heterocycles. The number of nitrogens with one attached hydrogen (secondary N) is 1. The molecular formula is C17H36N4. The summed E-state index contributed by atoms with van der Waals surface area (Å²) in [5.41, 5.74) is 0.525. The third-order valence-corrected chi connectivity index (χ3v) is 5.45. The van der Waals surface area contributed by atoms with Gasteiger partial charge in [-0.05, 0) is 54.1 Å². The Morgan fingerprint density at radius 3 is 2.29 bits per heavy atom. The second-order valence-electron chi connectivity index (χ2n) is 7.78. The number of aliphatic imine (C=N–C) groups is 1. The molecule has 1 aliphatic heterocycles. The molecule has 0 atom stereocenters. The predicted octanol–water partition coefficient (Wildman–Crippen LogP) is 2.80. The second kappa shape index (κ2) is 6.99. The fourth-order valence-electron chi connectivity index (χ4n) is 2.64. The van der Waals surface area contributed by atoms with Crippen LogP contribution in [0.1, 0.15) is 54.4 Å². The Bertz CT molecular complexity index is 358. The molecule has 1 N–H and O–H groups in total. The number of unbranched alkanes of at least 4 members (excludes halogenated alkanes) is 1. The Hall–Kier alpha value is -0.770. The third-order valence-electron chi connectivity index (χ3n) is 5.45. The summed E-state index contributed by atoms with van der Waals surface area (Å²) in [7, 11) is 4.08. The highest BCUT2D eigenvalue weighted by atomic mass is 15.4. The van der Waals surface area contributed by atoms with Crippen molar-refractivity contribution in [2.45, 2.75) is 66.0 Å². The van der Waals surface area contributed by atoms with Crippen molar-refractivity contribution in [1.29, 1.82) is 0 Å². The van der Waals surface area contributed by atoms with E-state index < -0.39 is 0 Å². The van der Waals surface area contributed by atoms with E-state index in [0.29, 0.717) is 11.5 Å². The topological polar surface area (TPSA) is 30.9 Å². The molecule has 0 aromatic carbocycles. The zero-order valence-electron chi connectivity index (χ0n) is 15.5. The van der Waals surface area contributed by atoms with Crippen LogP contribution in [0.15, 0.2) is 4.99 Å². The van der Waals surface area contributed by atoms with Crippen molar-refractivity contribution in [3.8, 4) is 0 Å². The summed E-state index contributed by atoms with van der Waals surface area (Å²) in [6.45, 7) is 17.0. The molecule has 0 aromatic rings. The second-order valence-corrected chi connectivity index (χ2v) is 7.78. The monoisotopic (exact) mass is 296 g/mol. The molecule has 0 amide bonds. The van der Waals surface area contributed by atoms with Crippen molar-refractivity contribution in [2.24, 2.45) is 10.4 Å². The molecule has 1 fully saturated rings. The Morgan fingerprint density at radius 1 is 1.24 bits per heavy atom. The largest absolute Gasteiger partial charge is 0.356 e. The van der Waals surface area contributed by atoms with E-state index in [-0.39, 0.29) is 5.54 Å². The summed E-state index contributed by atoms with van der Waals surface area (Å²) < 4.78 is 0. The van der Waals surface area contributed by atoms with Gasteiger partial charge in [-0.1, -0.05) is 13.8 Å². The molecule has 1 aliphatic rings. The highest BCUT2D eigenvalue weighted by molar-refractivity contribution is 5.81. The Labute approximate surface area is 132 Å². The van der Waals surface area contributed by atoms with Crippen LogP contribution in [0.25, 0.3) is 0 Å². The van der Waals surface area contributed by atoms with Gasteiger partial charge in [-0.2, -0.15) is 0 Å². The van der Waals surface area contributed by atoms with Gasteiger partial charge in [-0.15, -0.1) is 0 Å². The minimum absolute atomic E-state index is 0.173. The van der Waals surface area contributed by atoms with Crippen molar-refractivity contribution in [2.75, 3.05) is 33.7 Å². The number of rotatable bonds is 6. The van der Waals surface area contributed by atoms with Crippen LogP contribution in [0, 0.1) is 5.41 Å². The molecule has 0 aliphatic carbocycles. The van der Waals surface area contributed by atoms with E-state index in [0.717, 1.165) is 19.0 Å². The number of nitrogens with zero attached hydrogens (tertiary/aromatic N) is 3. The van der Waals surface area contributed by atoms with Crippen molar-refractivity contribution in [1.82, 2.24) is 15.1 Å². The van der Waals surface area contributed by atoms with Crippen LogP contribution in [0.3, 0.4) is 0 Å². The average Bonchev–Trinajstić information content (AvgIpc) is 2.40. The molecule has 4 heteroatoms. The van der Waals surface area contributed by atoms with E-state index in [4.69, 9.17) is 0 Å². The first-order valence-corrected chi connectivity index (χ1v) is 8.32. The van der Waals surface area contributed by atoms with Crippen molar-refractivity contribution >= 4 is 5.96 Å². The molecule has 1 saturated heterocycles. The van der Waals surface area contributed by atoms with Crippen molar-refractivity contribution < 1.29 is 0 Å². The normalized spacial score (nSPS) is 20.9. The number of hydrogen-bond donors (Lipinski definition) is 1. The number of likely N-dealkylation sites (tertiary alicyclic amines) is 1. The van der Waals surface area contributed by atoms with Crippen molar-refractivity contribution in [3.05, 3.63) is 0 Å². The first-order valence-electron chi connectivity index (χ1n) is 8.32. The molecule has 4 nitrogen and oxygen atoms in total. The summed E-state index contributed by atoms with van der Waals surface area (Å²) in [6.07, 6.45) is 2.42. The Kier molecular flexibility index (Phi) is 6.09. The Balaban J connectivity index is 2.31. The summed E-state index contributed by atoms with van der Waals surface area (Å²) in [5, 5.41) is 3.53. The van der Waals surface area contributed by atoms with Gasteiger partial charge in [0, 0.05) is 37.1 Å². The lowest BCUT2D eigenvalue weighted by Gasteiger charge is -2.62. The third kappa shape index (κ3) is 4.12. The van der Waals surface area contributed by atoms with Crippen LogP contribution in [-0.2, 0) is 0 Å². The van der Waals surface area contributed by atoms with Gasteiger partial charge in [-0.25, -0.2) is 0 Å². The van der Waals surface area contributed by atoms with Crippen LogP contribution in [-0.4, -0.2) is 61.1 Å². The zero-order valence-corrected chi connectivity index (χ0v) is 15.5. The fraction of sp³-hybridized carbons (Fsp3) is 0.941. The lowest BCUT2D eigenvalue weighted by molar-refractivity contribution is -0.0667. The number of guanidine groups is 1. The maximum Gasteiger partial charge on any atom is 0.194 e. The zero-order chi connectivity index (χ0) is 16.3. The van der Waals surface area contributed by atoms with Crippen LogP contribution in [0.4, 0.5) is 0 Å². The van der Waals surface area contributed by atoms with E-state index in [2.05, 4.69) is 68.7 Å². The van der Waals surface area contributed by atoms with Gasteiger partial charge < -0.3 is 15.1 Å². The van der Waals surface area contributed by atoms with E-state index in [1.165, 1.54) is 19.4 Å². The van der Waals surface area contributed by atoms with Crippen molar-refractivity contribution in [3.63, 3.8) is 0 Å². The summed E-state index contributed by atoms with van der Waals surface area (Å²) in [6, 6.07) is 0.634. The van der Waals surface area contributed by atoms with Gasteiger partial charge in [0.25, 0.3) is 0 Å². The van der Waals surface area contributed by atoms with E-state index in [1.54, 1.807) is 0 Å². The molecule has 0 spiro atoms. The van der Waals surface area contributed by atoms with Gasteiger partial charge in [0.2, 0.25) is 0 Å². The first kappa shape index (κ1) is 18.3. The van der Waals surface area contributed by atoms with Gasteiger partial charge in [0.1, 0.15) is 0 Å². The van der Waals surface area contributed by atoms with Crippen LogP contribution in [0.5, 0.6) is 0 Å². The highest BCUT2D eigenvalue weighted by Crippen LogP contribution is 2.46. The molecule has 124 valence electrons. The lowest BCUT2D eigenvalue weighted by Crippen LogP contribution is -2.72. The fourth-order valence-corrected chi connectivity index (χ4v) is 2.64. The maximum absolute atomic E-state index is 4.45. The summed E-state index contributed by atoms with van der Waals surface area (Å²) in [4.78, 5) is 9.25. The van der Waals surface area contributed by atoms with Crippen LogP contribution >= 0.6 is 0 Å². The average molecular weight is 297 g/mol. The van der Waals surface area contributed by atoms with Crippen LogP contribution < -0.4 is 5.32 Å². The molecule has 21 heavy (non-hydrogen) atoms. The molecule has 0 aromatic heterocycles. The molecule has 1 rings (SSSR count). The molecule has 0 unspecified atom stereocenters. The molecule has 0 radical (unpaired) electrons. The van der Waals surface area contributed by atoms with Crippen LogP contribution in [0.2, 0.25) is 0 Å². The molecule has 0 bridgehead atoms. The van der Waals surface area contributed by atoms with E-state index >= 15 is 0 Å². The first-order chi connectivity index (χ1) is 9.63. The minimum Gasteiger partial charge on any atom is -0.356 e. The smallest absolute Gasteiger partial charge is 0.194 e. The molecule has 0 saturated carbocycles. The summed E-state index contributed by atoms with van der Waals surface area (Å²) in [5.74, 6) is 1.05. The van der Waals surface area contributed by atoms with E-state index in [1.807, 2.05) is 7.05 Å². The van der Waals surface area contributed by atoms with Gasteiger partial charge >= 0.3 is 0 Å². The minimum atomic E-state index is 0.173. The van der Waals surface area contributed by atoms with Gasteiger partial charge in [0.05, 0.1) is 0 Å². The highest BCUT2D eigenvalue weighted by Gasteiger charge is 2.53. The lowest BCUT2D eigenvalue weighted by atomic mass is 9.65. The standard InChI is InChI=1S/C17H36N4/c1-14(2)20(8)12-10-9-11-19-15(18-7)21-13-16(3,4)17(21,5)6/h14H,9-13H2,1-8H3,(H,18,19). The number of hydrogen-bond acceptors (Lipinski definition) is 2. The quantitative estimate of drug-likeness (QED) is 0.464. The van der Waals surface area contributed by atoms with Gasteiger partial charge in [0.15, 0.2) is 5.96 Å². The predicted molar refractivity (Wildman–Crippen MR) is 92.9 cm³/mol. The van der Waals surface area contributed by atoms with Gasteiger partial charge in [-0.3, -0.25) is 4.99 Å². The molecular weight excluding hydrogens is 260 g/mol. The summed E-state index contributed by atoms with van der Waals surface area (Å²) >= 11 is 0.